The number of aromatic nitrogens is 3. The first-order chi connectivity index (χ1) is 15.0. The van der Waals surface area contributed by atoms with E-state index in [2.05, 4.69) is 11.1 Å². The van der Waals surface area contributed by atoms with Crippen molar-refractivity contribution in [2.45, 2.75) is 64.5 Å². The molecule has 4 unspecified atom stereocenters. The Hall–Kier alpha value is -2.40. The van der Waals surface area contributed by atoms with E-state index in [0.29, 0.717) is 25.0 Å². The largest absolute Gasteiger partial charge is 0.444 e. The molecule has 32 heavy (non-hydrogen) atoms. The lowest BCUT2D eigenvalue weighted by Crippen LogP contribution is -2.36. The Kier molecular flexibility index (Phi) is 4.72. The molecule has 2 aromatic heterocycles. The van der Waals surface area contributed by atoms with Crippen LogP contribution in [0.5, 0.6) is 0 Å². The van der Waals surface area contributed by atoms with Crippen LogP contribution < -0.4 is 0 Å². The summed E-state index contributed by atoms with van der Waals surface area (Å²) in [5.74, 6) is -0.0419. The predicted molar refractivity (Wildman–Crippen MR) is 117 cm³/mol. The van der Waals surface area contributed by atoms with Crippen molar-refractivity contribution < 1.29 is 13.9 Å². The Balaban J connectivity index is 1.51. The average Bonchev–Trinajstić information content (AvgIpc) is 3.52. The van der Waals surface area contributed by atoms with Crippen LogP contribution in [0.3, 0.4) is 0 Å². The van der Waals surface area contributed by atoms with Gasteiger partial charge in [0.15, 0.2) is 11.0 Å². The standard InChI is InChI=1S/C23H27ClFN5O2/c1-10(2)18-16-19(15-12-8-29(9-13(12)15)22(31)32-23(3,4)5)28-30(14-6-11(14)7-26)20(16)17(25)21(24)27-18/h10-15H,6,8-9H2,1-5H3. The van der Waals surface area contributed by atoms with Gasteiger partial charge in [0.1, 0.15) is 11.1 Å². The SMILES string of the molecule is CC(C)c1nc(Cl)c(F)c2c1c(C1C3CN(C(=O)OC(C)(C)C)CC31)nn2C1CC1C#N. The third-order valence-corrected chi connectivity index (χ3v) is 7.00. The van der Waals surface area contributed by atoms with Crippen molar-refractivity contribution in [3.05, 3.63) is 22.4 Å². The summed E-state index contributed by atoms with van der Waals surface area (Å²) in [7, 11) is 0. The van der Waals surface area contributed by atoms with Gasteiger partial charge in [-0.2, -0.15) is 10.4 Å². The molecule has 3 heterocycles. The second-order valence-electron chi connectivity index (χ2n) is 10.6. The highest BCUT2D eigenvalue weighted by atomic mass is 35.5. The third kappa shape index (κ3) is 3.33. The van der Waals surface area contributed by atoms with Gasteiger partial charge in [-0.15, -0.1) is 0 Å². The second kappa shape index (κ2) is 7.05. The lowest BCUT2D eigenvalue weighted by molar-refractivity contribution is 0.0271. The van der Waals surface area contributed by atoms with E-state index in [-0.39, 0.29) is 46.9 Å². The van der Waals surface area contributed by atoms with Gasteiger partial charge in [-0.1, -0.05) is 25.4 Å². The van der Waals surface area contributed by atoms with E-state index in [1.165, 1.54) is 0 Å². The van der Waals surface area contributed by atoms with Crippen LogP contribution in [0.15, 0.2) is 0 Å². The molecule has 3 fully saturated rings. The Labute approximate surface area is 191 Å². The molecule has 1 aliphatic heterocycles. The number of amides is 1. The van der Waals surface area contributed by atoms with E-state index < -0.39 is 11.4 Å². The minimum atomic E-state index is -0.574. The normalized spacial score (nSPS) is 28.7. The number of rotatable bonds is 3. The molecule has 0 aromatic carbocycles. The number of halogens is 2. The van der Waals surface area contributed by atoms with E-state index in [0.717, 1.165) is 16.8 Å². The second-order valence-corrected chi connectivity index (χ2v) is 10.9. The number of hydrogen-bond acceptors (Lipinski definition) is 5. The number of piperidine rings is 1. The summed E-state index contributed by atoms with van der Waals surface area (Å²) in [6, 6.07) is 2.13. The smallest absolute Gasteiger partial charge is 0.410 e. The van der Waals surface area contributed by atoms with Crippen molar-refractivity contribution in [1.82, 2.24) is 19.7 Å². The van der Waals surface area contributed by atoms with Gasteiger partial charge in [-0.25, -0.2) is 14.2 Å². The number of pyridine rings is 1. The summed E-state index contributed by atoms with van der Waals surface area (Å²) in [6.07, 6.45) is 0.364. The highest BCUT2D eigenvalue weighted by Gasteiger charge is 2.60. The molecule has 2 aromatic rings. The van der Waals surface area contributed by atoms with E-state index in [1.807, 2.05) is 34.6 Å². The number of fused-ring (bicyclic) bond motifs is 2. The molecule has 1 saturated heterocycles. The van der Waals surface area contributed by atoms with Crippen LogP contribution >= 0.6 is 11.6 Å². The monoisotopic (exact) mass is 459 g/mol. The minimum Gasteiger partial charge on any atom is -0.444 e. The van der Waals surface area contributed by atoms with Gasteiger partial charge in [-0.05, 0) is 44.9 Å². The zero-order chi connectivity index (χ0) is 23.1. The highest BCUT2D eigenvalue weighted by molar-refractivity contribution is 6.30. The Morgan fingerprint density at radius 3 is 2.50 bits per heavy atom. The molecule has 0 bridgehead atoms. The van der Waals surface area contributed by atoms with Gasteiger partial charge >= 0.3 is 6.09 Å². The number of likely N-dealkylation sites (tertiary alicyclic amines) is 1. The molecule has 1 amide bonds. The Bertz CT molecular complexity index is 1150. The summed E-state index contributed by atoms with van der Waals surface area (Å²) < 4.78 is 22.4. The molecule has 2 aliphatic carbocycles. The first-order valence-corrected chi connectivity index (χ1v) is 11.5. The maximum atomic E-state index is 15.2. The fraction of sp³-hybridized carbons (Fsp3) is 0.652. The fourth-order valence-corrected chi connectivity index (χ4v) is 5.29. The minimum absolute atomic E-state index is 0.0369. The number of nitriles is 1. The zero-order valence-electron chi connectivity index (χ0n) is 18.9. The Morgan fingerprint density at radius 2 is 1.97 bits per heavy atom. The fourth-order valence-electron chi connectivity index (χ4n) is 5.11. The number of ether oxygens (including phenoxy) is 1. The van der Waals surface area contributed by atoms with Gasteiger partial charge in [-0.3, -0.25) is 4.68 Å². The van der Waals surface area contributed by atoms with Crippen molar-refractivity contribution in [2.24, 2.45) is 17.8 Å². The van der Waals surface area contributed by atoms with Crippen LogP contribution in [0, 0.1) is 34.9 Å². The maximum Gasteiger partial charge on any atom is 0.410 e. The third-order valence-electron chi connectivity index (χ3n) is 6.75. The maximum absolute atomic E-state index is 15.2. The van der Waals surface area contributed by atoms with E-state index >= 15 is 4.39 Å². The average molecular weight is 460 g/mol. The molecule has 4 atom stereocenters. The molecular weight excluding hydrogens is 433 g/mol. The van der Waals surface area contributed by atoms with Crippen molar-refractivity contribution >= 4 is 28.6 Å². The summed E-state index contributed by atoms with van der Waals surface area (Å²) >= 11 is 6.16. The summed E-state index contributed by atoms with van der Waals surface area (Å²) in [4.78, 5) is 18.6. The van der Waals surface area contributed by atoms with Gasteiger partial charge in [0.05, 0.1) is 29.4 Å². The lowest BCUT2D eigenvalue weighted by atomic mass is 10.0. The van der Waals surface area contributed by atoms with Crippen molar-refractivity contribution in [1.29, 1.82) is 5.26 Å². The van der Waals surface area contributed by atoms with E-state index in [9.17, 15) is 10.1 Å². The lowest BCUT2D eigenvalue weighted by Gasteiger charge is -2.25. The van der Waals surface area contributed by atoms with E-state index in [4.69, 9.17) is 21.4 Å². The zero-order valence-corrected chi connectivity index (χ0v) is 19.6. The van der Waals surface area contributed by atoms with E-state index in [1.54, 1.807) is 9.58 Å². The predicted octanol–water partition coefficient (Wildman–Crippen LogP) is 5.01. The van der Waals surface area contributed by atoms with Crippen LogP contribution in [0.25, 0.3) is 10.9 Å². The molecule has 5 rings (SSSR count). The summed E-state index contributed by atoms with van der Waals surface area (Å²) in [6.45, 7) is 10.8. The molecule has 3 aliphatic rings. The molecule has 9 heteroatoms. The molecule has 7 nitrogen and oxygen atoms in total. The van der Waals surface area contributed by atoms with Crippen LogP contribution in [0.2, 0.25) is 5.15 Å². The van der Waals surface area contributed by atoms with Gasteiger partial charge in [0.25, 0.3) is 0 Å². The first-order valence-electron chi connectivity index (χ1n) is 11.2. The first kappa shape index (κ1) is 21.4. The molecule has 170 valence electrons. The molecular formula is C23H27ClFN5O2. The van der Waals surface area contributed by atoms with Crippen molar-refractivity contribution in [2.75, 3.05) is 13.1 Å². The summed E-state index contributed by atoms with van der Waals surface area (Å²) in [5.41, 5.74) is 1.39. The van der Waals surface area contributed by atoms with Gasteiger partial charge in [0, 0.05) is 24.4 Å². The number of hydrogen-bond donors (Lipinski definition) is 0. The van der Waals surface area contributed by atoms with Gasteiger partial charge in [0.2, 0.25) is 0 Å². The summed E-state index contributed by atoms with van der Waals surface area (Å²) in [5, 5.41) is 14.8. The highest BCUT2D eigenvalue weighted by Crippen LogP contribution is 2.60. The molecule has 2 saturated carbocycles. The van der Waals surface area contributed by atoms with Crippen LogP contribution in [-0.2, 0) is 4.74 Å². The molecule has 0 spiro atoms. The van der Waals surface area contributed by atoms with Crippen molar-refractivity contribution in [3.8, 4) is 6.07 Å². The number of carbonyl (C=O) groups excluding carboxylic acids is 1. The van der Waals surface area contributed by atoms with Crippen LogP contribution in [0.4, 0.5) is 9.18 Å². The quantitative estimate of drug-likeness (QED) is 0.602. The number of nitrogens with zero attached hydrogens (tertiary/aromatic N) is 5. The van der Waals surface area contributed by atoms with Crippen LogP contribution in [0.1, 0.15) is 70.3 Å². The topological polar surface area (TPSA) is 84.0 Å². The molecule has 0 radical (unpaired) electrons. The van der Waals surface area contributed by atoms with Crippen molar-refractivity contribution in [3.63, 3.8) is 0 Å². The molecule has 0 N–H and O–H groups in total. The van der Waals surface area contributed by atoms with Crippen LogP contribution in [-0.4, -0.2) is 44.4 Å². The number of carbonyl (C=O) groups is 1. The van der Waals surface area contributed by atoms with Gasteiger partial charge < -0.3 is 9.64 Å². The Morgan fingerprint density at radius 1 is 1.31 bits per heavy atom.